The molecule has 4 atom stereocenters. The van der Waals surface area contributed by atoms with E-state index in [1.165, 1.54) is 19.3 Å². The molecule has 0 N–H and O–H groups in total. The van der Waals surface area contributed by atoms with Gasteiger partial charge < -0.3 is 4.74 Å². The van der Waals surface area contributed by atoms with Crippen molar-refractivity contribution in [3.8, 4) is 0 Å². The Balaban J connectivity index is 1.97. The molecule has 0 aromatic carbocycles. The molecule has 3 aliphatic rings. The quantitative estimate of drug-likeness (QED) is 0.487. The highest BCUT2D eigenvalue weighted by atomic mass is 16.5. The third kappa shape index (κ3) is 0.608. The summed E-state index contributed by atoms with van der Waals surface area (Å²) in [6.45, 7) is 0.727. The maximum absolute atomic E-state index is 11.2. The highest BCUT2D eigenvalue weighted by molar-refractivity contribution is 5.75. The summed E-state index contributed by atoms with van der Waals surface area (Å²) in [6.07, 6.45) is 3.94. The van der Waals surface area contributed by atoms with E-state index in [0.717, 1.165) is 12.5 Å². The zero-order valence-corrected chi connectivity index (χ0v) is 6.45. The van der Waals surface area contributed by atoms with E-state index in [0.29, 0.717) is 17.8 Å². The van der Waals surface area contributed by atoms with E-state index in [1.54, 1.807) is 0 Å². The molecular weight excluding hydrogens is 140 g/mol. The second kappa shape index (κ2) is 1.79. The van der Waals surface area contributed by atoms with Crippen molar-refractivity contribution in [1.82, 2.24) is 0 Å². The average molecular weight is 152 g/mol. The summed E-state index contributed by atoms with van der Waals surface area (Å²) in [7, 11) is 0. The Bertz CT molecular complexity index is 212. The average Bonchev–Trinajstić information content (AvgIpc) is 2.60. The molecule has 60 valence electrons. The Morgan fingerprint density at radius 1 is 1.27 bits per heavy atom. The standard InChI is InChI=1S/C9H12O2/c10-9-8-6-2-1-5(3-6)7(8)4-11-9/h5-8H,1-4H2/t5-,6-,7-,8-/m1/s1. The third-order valence-electron chi connectivity index (χ3n) is 3.78. The highest BCUT2D eigenvalue weighted by Crippen LogP contribution is 2.54. The fourth-order valence-electron chi connectivity index (χ4n) is 3.29. The Hall–Kier alpha value is -0.530. The topological polar surface area (TPSA) is 26.3 Å². The van der Waals surface area contributed by atoms with Crippen molar-refractivity contribution in [2.45, 2.75) is 19.3 Å². The molecule has 0 spiro atoms. The predicted molar refractivity (Wildman–Crippen MR) is 38.8 cm³/mol. The van der Waals surface area contributed by atoms with E-state index in [9.17, 15) is 4.79 Å². The highest BCUT2D eigenvalue weighted by Gasteiger charge is 2.54. The Labute approximate surface area is 65.9 Å². The van der Waals surface area contributed by atoms with Crippen molar-refractivity contribution in [3.63, 3.8) is 0 Å². The zero-order valence-electron chi connectivity index (χ0n) is 6.45. The normalized spacial score (nSPS) is 52.9. The van der Waals surface area contributed by atoms with Gasteiger partial charge in [-0.1, -0.05) is 0 Å². The summed E-state index contributed by atoms with van der Waals surface area (Å²) in [6, 6.07) is 0. The number of carbonyl (C=O) groups excluding carboxylic acids is 1. The monoisotopic (exact) mass is 152 g/mol. The maximum atomic E-state index is 11.2. The molecule has 0 aromatic rings. The number of rotatable bonds is 0. The van der Waals surface area contributed by atoms with Gasteiger partial charge in [-0.25, -0.2) is 0 Å². The van der Waals surface area contributed by atoms with Crippen molar-refractivity contribution < 1.29 is 9.53 Å². The van der Waals surface area contributed by atoms with Gasteiger partial charge in [-0.3, -0.25) is 4.79 Å². The van der Waals surface area contributed by atoms with Crippen LogP contribution in [0.25, 0.3) is 0 Å². The molecule has 3 rings (SSSR count). The fraction of sp³-hybridized carbons (Fsp3) is 0.889. The Kier molecular flexibility index (Phi) is 0.984. The van der Waals surface area contributed by atoms with Crippen molar-refractivity contribution in [1.29, 1.82) is 0 Å². The van der Waals surface area contributed by atoms with Crippen LogP contribution in [0.4, 0.5) is 0 Å². The lowest BCUT2D eigenvalue weighted by Crippen LogP contribution is -2.22. The number of fused-ring (bicyclic) bond motifs is 5. The second-order valence-corrected chi connectivity index (χ2v) is 4.15. The minimum Gasteiger partial charge on any atom is -0.465 e. The summed E-state index contributed by atoms with van der Waals surface area (Å²) in [4.78, 5) is 11.2. The molecule has 2 bridgehead atoms. The number of hydrogen-bond donors (Lipinski definition) is 0. The summed E-state index contributed by atoms with van der Waals surface area (Å²) < 4.78 is 5.06. The van der Waals surface area contributed by atoms with E-state index in [4.69, 9.17) is 4.74 Å². The van der Waals surface area contributed by atoms with Gasteiger partial charge >= 0.3 is 5.97 Å². The molecule has 0 unspecified atom stereocenters. The maximum Gasteiger partial charge on any atom is 0.309 e. The lowest BCUT2D eigenvalue weighted by molar-refractivity contribution is -0.142. The first-order valence-corrected chi connectivity index (χ1v) is 4.53. The molecule has 1 heterocycles. The van der Waals surface area contributed by atoms with Crippen LogP contribution in [-0.4, -0.2) is 12.6 Å². The number of ether oxygens (including phenoxy) is 1. The van der Waals surface area contributed by atoms with Crippen molar-refractivity contribution in [3.05, 3.63) is 0 Å². The third-order valence-corrected chi connectivity index (χ3v) is 3.78. The molecule has 1 saturated heterocycles. The molecule has 2 heteroatoms. The smallest absolute Gasteiger partial charge is 0.309 e. The van der Waals surface area contributed by atoms with E-state index in [2.05, 4.69) is 0 Å². The lowest BCUT2D eigenvalue weighted by Gasteiger charge is -2.19. The number of cyclic esters (lactones) is 1. The van der Waals surface area contributed by atoms with Gasteiger partial charge in [-0.05, 0) is 31.1 Å². The molecule has 1 aliphatic heterocycles. The van der Waals surface area contributed by atoms with E-state index >= 15 is 0 Å². The lowest BCUT2D eigenvalue weighted by atomic mass is 9.81. The molecule has 0 aromatic heterocycles. The van der Waals surface area contributed by atoms with Crippen LogP contribution in [0.5, 0.6) is 0 Å². The summed E-state index contributed by atoms with van der Waals surface area (Å²) >= 11 is 0. The van der Waals surface area contributed by atoms with Crippen LogP contribution in [-0.2, 0) is 9.53 Å². The Morgan fingerprint density at radius 2 is 2.09 bits per heavy atom. The van der Waals surface area contributed by atoms with Crippen molar-refractivity contribution in [2.24, 2.45) is 23.7 Å². The van der Waals surface area contributed by atoms with Crippen LogP contribution in [0.15, 0.2) is 0 Å². The minimum atomic E-state index is 0.0993. The first kappa shape index (κ1) is 6.04. The molecule has 0 radical (unpaired) electrons. The first-order valence-electron chi connectivity index (χ1n) is 4.53. The van der Waals surface area contributed by atoms with Gasteiger partial charge in [-0.2, -0.15) is 0 Å². The summed E-state index contributed by atoms with van der Waals surface area (Å²) in [5, 5.41) is 0. The van der Waals surface area contributed by atoms with E-state index < -0.39 is 0 Å². The SMILES string of the molecule is O=C1OC[C@@H]2[C@@H]3CC[C@H](C3)[C@@H]12. The first-order chi connectivity index (χ1) is 5.36. The molecular formula is C9H12O2. The molecule has 2 saturated carbocycles. The number of esters is 1. The van der Waals surface area contributed by atoms with Crippen molar-refractivity contribution >= 4 is 5.97 Å². The largest absolute Gasteiger partial charge is 0.465 e. The van der Waals surface area contributed by atoms with Gasteiger partial charge in [0.1, 0.15) is 0 Å². The molecule has 2 aliphatic carbocycles. The fourth-order valence-corrected chi connectivity index (χ4v) is 3.29. The Morgan fingerprint density at radius 3 is 2.91 bits per heavy atom. The molecule has 3 fully saturated rings. The minimum absolute atomic E-state index is 0.0993. The number of carbonyl (C=O) groups is 1. The number of hydrogen-bond acceptors (Lipinski definition) is 2. The second-order valence-electron chi connectivity index (χ2n) is 4.15. The van der Waals surface area contributed by atoms with Crippen LogP contribution in [0.1, 0.15) is 19.3 Å². The van der Waals surface area contributed by atoms with Gasteiger partial charge in [0, 0.05) is 5.92 Å². The summed E-state index contributed by atoms with van der Waals surface area (Å²) in [5.41, 5.74) is 0. The van der Waals surface area contributed by atoms with Crippen LogP contribution in [0.2, 0.25) is 0 Å². The van der Waals surface area contributed by atoms with Crippen LogP contribution in [0, 0.1) is 23.7 Å². The van der Waals surface area contributed by atoms with Crippen LogP contribution in [0.3, 0.4) is 0 Å². The predicted octanol–water partition coefficient (Wildman–Crippen LogP) is 1.21. The van der Waals surface area contributed by atoms with Gasteiger partial charge in [0.25, 0.3) is 0 Å². The zero-order chi connectivity index (χ0) is 7.42. The van der Waals surface area contributed by atoms with Gasteiger partial charge in [0.2, 0.25) is 0 Å². The molecule has 0 amide bonds. The molecule has 2 nitrogen and oxygen atoms in total. The summed E-state index contributed by atoms with van der Waals surface area (Å²) in [5.74, 6) is 2.55. The van der Waals surface area contributed by atoms with Crippen LogP contribution < -0.4 is 0 Å². The van der Waals surface area contributed by atoms with Crippen LogP contribution >= 0.6 is 0 Å². The van der Waals surface area contributed by atoms with Gasteiger partial charge in [0.05, 0.1) is 12.5 Å². The van der Waals surface area contributed by atoms with Crippen molar-refractivity contribution in [2.75, 3.05) is 6.61 Å². The van der Waals surface area contributed by atoms with Gasteiger partial charge in [-0.15, -0.1) is 0 Å². The van der Waals surface area contributed by atoms with E-state index in [-0.39, 0.29) is 5.97 Å². The van der Waals surface area contributed by atoms with E-state index in [1.807, 2.05) is 0 Å². The van der Waals surface area contributed by atoms with Gasteiger partial charge in [0.15, 0.2) is 0 Å². The molecule has 11 heavy (non-hydrogen) atoms.